The number of likely N-dealkylation sites (tertiary alicyclic amines) is 2. The molecule has 6 heteroatoms. The molecule has 0 aromatic carbocycles. The molecule has 0 bridgehead atoms. The van der Waals surface area contributed by atoms with Crippen LogP contribution < -0.4 is 4.74 Å². The number of hydrogen-bond donors (Lipinski definition) is 1. The molecule has 2 fully saturated rings. The van der Waals surface area contributed by atoms with Gasteiger partial charge >= 0.3 is 0 Å². The molecule has 1 amide bonds. The summed E-state index contributed by atoms with van der Waals surface area (Å²) in [5.41, 5.74) is 0.524. The van der Waals surface area contributed by atoms with Crippen LogP contribution in [-0.4, -0.2) is 64.7 Å². The van der Waals surface area contributed by atoms with Gasteiger partial charge in [-0.25, -0.2) is 0 Å². The van der Waals surface area contributed by atoms with Gasteiger partial charge in [0, 0.05) is 31.9 Å². The second kappa shape index (κ2) is 6.84. The first-order valence-electron chi connectivity index (χ1n) is 8.34. The minimum atomic E-state index is -0.405. The van der Waals surface area contributed by atoms with Crippen LogP contribution in [0.1, 0.15) is 31.4 Å². The van der Waals surface area contributed by atoms with Crippen molar-refractivity contribution in [2.45, 2.75) is 37.8 Å². The number of hydrogen-bond acceptors (Lipinski definition) is 5. The van der Waals surface area contributed by atoms with Crippen molar-refractivity contribution in [1.82, 2.24) is 14.8 Å². The minimum Gasteiger partial charge on any atom is -0.497 e. The third-order valence-electron chi connectivity index (χ3n) is 5.07. The molecule has 1 atom stereocenters. The molecule has 1 aromatic rings. The molecule has 1 unspecified atom stereocenters. The lowest BCUT2D eigenvalue weighted by atomic mass is 9.85. The number of methoxy groups -OCH3 is 1. The monoisotopic (exact) mass is 319 g/mol. The third kappa shape index (κ3) is 3.05. The Bertz CT molecular complexity index is 564. The van der Waals surface area contributed by atoms with E-state index in [1.54, 1.807) is 13.3 Å². The van der Waals surface area contributed by atoms with Crippen molar-refractivity contribution < 1.29 is 14.6 Å². The molecule has 126 valence electrons. The van der Waals surface area contributed by atoms with Gasteiger partial charge in [-0.05, 0) is 38.3 Å². The van der Waals surface area contributed by atoms with E-state index in [2.05, 4.69) is 9.88 Å². The van der Waals surface area contributed by atoms with Gasteiger partial charge in [0.2, 0.25) is 5.91 Å². The predicted molar refractivity (Wildman–Crippen MR) is 86.1 cm³/mol. The Hall–Kier alpha value is -1.66. The molecule has 23 heavy (non-hydrogen) atoms. The lowest BCUT2D eigenvalue weighted by Gasteiger charge is -2.44. The van der Waals surface area contributed by atoms with Crippen molar-refractivity contribution in [2.24, 2.45) is 0 Å². The van der Waals surface area contributed by atoms with Gasteiger partial charge in [-0.3, -0.25) is 14.7 Å². The summed E-state index contributed by atoms with van der Waals surface area (Å²) < 4.78 is 5.26. The molecule has 1 spiro atoms. The van der Waals surface area contributed by atoms with E-state index in [0.29, 0.717) is 13.1 Å². The van der Waals surface area contributed by atoms with Crippen LogP contribution in [0.5, 0.6) is 5.75 Å². The third-order valence-corrected chi connectivity index (χ3v) is 5.07. The van der Waals surface area contributed by atoms with Crippen LogP contribution in [0, 0.1) is 0 Å². The van der Waals surface area contributed by atoms with E-state index in [4.69, 9.17) is 4.74 Å². The Morgan fingerprint density at radius 1 is 1.35 bits per heavy atom. The average molecular weight is 319 g/mol. The molecule has 6 nitrogen and oxygen atoms in total. The van der Waals surface area contributed by atoms with E-state index in [1.165, 1.54) is 0 Å². The molecule has 1 aromatic heterocycles. The first kappa shape index (κ1) is 16.2. The van der Waals surface area contributed by atoms with Crippen LogP contribution >= 0.6 is 0 Å². The van der Waals surface area contributed by atoms with Crippen LogP contribution in [-0.2, 0) is 11.3 Å². The van der Waals surface area contributed by atoms with Gasteiger partial charge in [0.1, 0.15) is 11.3 Å². The highest BCUT2D eigenvalue weighted by Gasteiger charge is 2.50. The smallest absolute Gasteiger partial charge is 0.243 e. The Morgan fingerprint density at radius 3 is 2.87 bits per heavy atom. The van der Waals surface area contributed by atoms with Crippen molar-refractivity contribution >= 4 is 5.91 Å². The number of ether oxygens (including phenoxy) is 1. The van der Waals surface area contributed by atoms with Gasteiger partial charge in [-0.1, -0.05) is 0 Å². The summed E-state index contributed by atoms with van der Waals surface area (Å²) in [5.74, 6) is 0.971. The van der Waals surface area contributed by atoms with E-state index >= 15 is 0 Å². The number of nitrogens with zero attached hydrogens (tertiary/aromatic N) is 3. The Morgan fingerprint density at radius 2 is 2.13 bits per heavy atom. The molecule has 2 saturated heterocycles. The zero-order chi connectivity index (χ0) is 16.3. The zero-order valence-corrected chi connectivity index (χ0v) is 13.7. The van der Waals surface area contributed by atoms with Gasteiger partial charge in [0.15, 0.2) is 0 Å². The number of aromatic nitrogens is 1. The number of pyridine rings is 1. The van der Waals surface area contributed by atoms with E-state index in [-0.39, 0.29) is 12.5 Å². The summed E-state index contributed by atoms with van der Waals surface area (Å²) in [6, 6.07) is 3.77. The molecular formula is C17H25N3O3. The van der Waals surface area contributed by atoms with Gasteiger partial charge in [0.25, 0.3) is 0 Å². The van der Waals surface area contributed by atoms with Gasteiger partial charge in [0.05, 0.1) is 19.4 Å². The summed E-state index contributed by atoms with van der Waals surface area (Å²) in [6.45, 7) is 2.80. The van der Waals surface area contributed by atoms with Crippen LogP contribution in [0.4, 0.5) is 0 Å². The van der Waals surface area contributed by atoms with Crippen LogP contribution in [0.15, 0.2) is 18.3 Å². The average Bonchev–Trinajstić information content (AvgIpc) is 2.96. The Balaban J connectivity index is 1.79. The summed E-state index contributed by atoms with van der Waals surface area (Å²) in [4.78, 5) is 21.5. The molecule has 0 saturated carbocycles. The number of aliphatic hydroxyl groups excluding tert-OH is 1. The maximum Gasteiger partial charge on any atom is 0.243 e. The first-order valence-corrected chi connectivity index (χ1v) is 8.34. The highest BCUT2D eigenvalue weighted by molar-refractivity contribution is 5.87. The topological polar surface area (TPSA) is 65.9 Å². The van der Waals surface area contributed by atoms with Crippen LogP contribution in [0.25, 0.3) is 0 Å². The number of rotatable bonds is 5. The number of amides is 1. The van der Waals surface area contributed by atoms with E-state index in [0.717, 1.165) is 50.2 Å². The molecule has 1 N–H and O–H groups in total. The Kier molecular flexibility index (Phi) is 4.82. The van der Waals surface area contributed by atoms with Crippen molar-refractivity contribution in [2.75, 3.05) is 33.4 Å². The fourth-order valence-electron chi connectivity index (χ4n) is 3.95. The lowest BCUT2D eigenvalue weighted by Crippen LogP contribution is -2.60. The second-order valence-electron chi connectivity index (χ2n) is 6.36. The summed E-state index contributed by atoms with van der Waals surface area (Å²) in [7, 11) is 1.65. The molecule has 2 aliphatic rings. The van der Waals surface area contributed by atoms with Crippen molar-refractivity contribution in [1.29, 1.82) is 0 Å². The zero-order valence-electron chi connectivity index (χ0n) is 13.7. The molecule has 2 aliphatic heterocycles. The number of aliphatic hydroxyl groups is 1. The van der Waals surface area contributed by atoms with Crippen LogP contribution in [0.3, 0.4) is 0 Å². The molecular weight excluding hydrogens is 294 g/mol. The maximum absolute atomic E-state index is 13.0. The quantitative estimate of drug-likeness (QED) is 0.878. The van der Waals surface area contributed by atoms with Crippen molar-refractivity contribution in [3.63, 3.8) is 0 Å². The highest BCUT2D eigenvalue weighted by atomic mass is 16.5. The van der Waals surface area contributed by atoms with Gasteiger partial charge < -0.3 is 14.7 Å². The summed E-state index contributed by atoms with van der Waals surface area (Å²) >= 11 is 0. The number of carbonyl (C=O) groups is 1. The lowest BCUT2D eigenvalue weighted by molar-refractivity contribution is -0.148. The molecule has 3 rings (SSSR count). The maximum atomic E-state index is 13.0. The number of β-amino-alcohol motifs (C(OH)–C–C–N with tert-alkyl or cyclic N) is 1. The SMILES string of the molecule is COc1ccnc(CN2CCCC23CCCN(CCO)C3=O)c1. The van der Waals surface area contributed by atoms with E-state index < -0.39 is 5.54 Å². The normalized spacial score (nSPS) is 25.3. The Labute approximate surface area is 137 Å². The van der Waals surface area contributed by atoms with Crippen molar-refractivity contribution in [3.8, 4) is 5.75 Å². The molecule has 0 aliphatic carbocycles. The number of piperidine rings is 1. The fourth-order valence-corrected chi connectivity index (χ4v) is 3.95. The van der Waals surface area contributed by atoms with Gasteiger partial charge in [-0.15, -0.1) is 0 Å². The minimum absolute atomic E-state index is 0.0270. The van der Waals surface area contributed by atoms with Gasteiger partial charge in [-0.2, -0.15) is 0 Å². The number of carbonyl (C=O) groups excluding carboxylic acids is 1. The van der Waals surface area contributed by atoms with E-state index in [1.807, 2.05) is 17.0 Å². The van der Waals surface area contributed by atoms with E-state index in [9.17, 15) is 9.90 Å². The molecule has 0 radical (unpaired) electrons. The fraction of sp³-hybridized carbons (Fsp3) is 0.647. The van der Waals surface area contributed by atoms with Crippen LogP contribution in [0.2, 0.25) is 0 Å². The summed E-state index contributed by atoms with van der Waals surface area (Å²) in [6.07, 6.45) is 5.57. The predicted octanol–water partition coefficient (Wildman–Crippen LogP) is 1.04. The van der Waals surface area contributed by atoms with Crippen molar-refractivity contribution in [3.05, 3.63) is 24.0 Å². The standard InChI is InChI=1S/C17H25N3O3/c1-23-15-4-7-18-14(12-15)13-20-9-3-6-17(20)5-2-8-19(10-11-21)16(17)22/h4,7,12,21H,2-3,5-6,8-11,13H2,1H3. The highest BCUT2D eigenvalue weighted by Crippen LogP contribution is 2.39. The molecule has 3 heterocycles. The second-order valence-corrected chi connectivity index (χ2v) is 6.36. The largest absolute Gasteiger partial charge is 0.497 e. The summed E-state index contributed by atoms with van der Waals surface area (Å²) in [5, 5.41) is 9.19. The first-order chi connectivity index (χ1) is 11.2.